The second-order valence-corrected chi connectivity index (χ2v) is 12.9. The van der Waals surface area contributed by atoms with E-state index in [-0.39, 0.29) is 6.61 Å². The Balaban J connectivity index is 1.20. The third-order valence-electron chi connectivity index (χ3n) is 9.17. The van der Waals surface area contributed by atoms with Crippen LogP contribution in [0.4, 0.5) is 17.1 Å². The minimum absolute atomic E-state index is 0.00379. The Morgan fingerprint density at radius 2 is 1.08 bits per heavy atom. The van der Waals surface area contributed by atoms with E-state index in [1.54, 1.807) is 0 Å². The lowest BCUT2D eigenvalue weighted by Crippen LogP contribution is -2.09. The third kappa shape index (κ3) is 7.39. The van der Waals surface area contributed by atoms with Crippen molar-refractivity contribution in [3.63, 3.8) is 0 Å². The number of hydrogen-bond donors (Lipinski definition) is 1. The summed E-state index contributed by atoms with van der Waals surface area (Å²) in [7, 11) is 0. The molecular formula is C47H41NO2. The maximum Gasteiger partial charge on any atom is 0.113 e. The van der Waals surface area contributed by atoms with E-state index in [0.717, 1.165) is 50.3 Å². The van der Waals surface area contributed by atoms with Gasteiger partial charge in [-0.15, -0.1) is 0 Å². The van der Waals surface area contributed by atoms with Crippen LogP contribution >= 0.6 is 0 Å². The number of allylic oxidation sites excluding steroid dienone is 1. The lowest BCUT2D eigenvalue weighted by atomic mass is 10.0. The second-order valence-electron chi connectivity index (χ2n) is 12.9. The average molecular weight is 652 g/mol. The average Bonchev–Trinajstić information content (AvgIpc) is 3.15. The molecule has 3 nitrogen and oxygen atoms in total. The van der Waals surface area contributed by atoms with Crippen molar-refractivity contribution >= 4 is 33.9 Å². The highest BCUT2D eigenvalue weighted by atomic mass is 16.5. The second kappa shape index (κ2) is 14.7. The zero-order valence-electron chi connectivity index (χ0n) is 28.8. The van der Waals surface area contributed by atoms with Crippen LogP contribution in [0.25, 0.3) is 39.1 Å². The topological polar surface area (TPSA) is 32.7 Å². The molecule has 0 amide bonds. The quantitative estimate of drug-likeness (QED) is 0.149. The van der Waals surface area contributed by atoms with Crippen molar-refractivity contribution in [3.05, 3.63) is 191 Å². The van der Waals surface area contributed by atoms with Gasteiger partial charge in [-0.2, -0.15) is 0 Å². The molecule has 7 aromatic rings. The summed E-state index contributed by atoms with van der Waals surface area (Å²) in [6.45, 7) is 6.66. The summed E-state index contributed by atoms with van der Waals surface area (Å²) in [5.41, 5.74) is 13.6. The summed E-state index contributed by atoms with van der Waals surface area (Å²) in [4.78, 5) is 2.33. The normalized spacial score (nSPS) is 11.5. The number of nitrogens with zero attached hydrogens (tertiary/aromatic N) is 1. The Labute approximate surface area is 295 Å². The standard InChI is InChI=1S/C47H41NO2/c1-33-8-6-12-39(26-33)37-16-21-45(22-17-37)48(46-23-18-38(19-24-46)40-13-7-9-34(2)27-40)47-25-20-41-29-36(14-15-42(41)30-47)28-35(3)50-32-44-11-5-4-10-43(44)31-49/h4-30,49H,31-32H2,1-3H3. The lowest BCUT2D eigenvalue weighted by molar-refractivity contribution is 0.199. The first-order chi connectivity index (χ1) is 24.4. The summed E-state index contributed by atoms with van der Waals surface area (Å²) in [6.07, 6.45) is 2.06. The number of fused-ring (bicyclic) bond motifs is 1. The molecule has 0 fully saturated rings. The zero-order valence-corrected chi connectivity index (χ0v) is 28.8. The molecule has 0 saturated heterocycles. The van der Waals surface area contributed by atoms with Gasteiger partial charge in [-0.05, 0) is 119 Å². The number of aliphatic hydroxyl groups is 1. The molecule has 0 unspecified atom stereocenters. The Hall–Kier alpha value is -5.90. The van der Waals surface area contributed by atoms with Gasteiger partial charge < -0.3 is 14.7 Å². The molecular weight excluding hydrogens is 611 g/mol. The van der Waals surface area contributed by atoms with E-state index in [9.17, 15) is 5.11 Å². The van der Waals surface area contributed by atoms with E-state index in [2.05, 4.69) is 158 Å². The van der Waals surface area contributed by atoms with Crippen LogP contribution in [0.1, 0.15) is 34.7 Å². The summed E-state index contributed by atoms with van der Waals surface area (Å²) < 4.78 is 6.06. The molecule has 0 aromatic heterocycles. The predicted molar refractivity (Wildman–Crippen MR) is 210 cm³/mol. The van der Waals surface area contributed by atoms with Crippen LogP contribution in [-0.2, 0) is 18.0 Å². The maximum absolute atomic E-state index is 9.65. The van der Waals surface area contributed by atoms with Crippen LogP contribution in [-0.4, -0.2) is 5.11 Å². The lowest BCUT2D eigenvalue weighted by Gasteiger charge is -2.26. The molecule has 0 saturated carbocycles. The molecule has 0 aliphatic carbocycles. The van der Waals surface area contributed by atoms with Crippen molar-refractivity contribution in [2.24, 2.45) is 0 Å². The van der Waals surface area contributed by atoms with E-state index in [0.29, 0.717) is 6.61 Å². The first-order valence-electron chi connectivity index (χ1n) is 17.1. The molecule has 0 aliphatic rings. The van der Waals surface area contributed by atoms with E-state index in [1.165, 1.54) is 33.4 Å². The first-order valence-corrected chi connectivity index (χ1v) is 17.1. The van der Waals surface area contributed by atoms with Gasteiger partial charge in [-0.25, -0.2) is 0 Å². The first kappa shape index (κ1) is 32.6. The van der Waals surface area contributed by atoms with Gasteiger partial charge in [-0.3, -0.25) is 0 Å². The van der Waals surface area contributed by atoms with Gasteiger partial charge >= 0.3 is 0 Å². The van der Waals surface area contributed by atoms with E-state index >= 15 is 0 Å². The summed E-state index contributed by atoms with van der Waals surface area (Å²) in [5.74, 6) is 0.822. The number of benzene rings is 7. The van der Waals surface area contributed by atoms with Crippen LogP contribution < -0.4 is 4.90 Å². The molecule has 0 radical (unpaired) electrons. The number of aryl methyl sites for hydroxylation is 2. The summed E-state index contributed by atoms with van der Waals surface area (Å²) >= 11 is 0. The molecule has 0 spiro atoms. The zero-order chi connectivity index (χ0) is 34.5. The number of rotatable bonds is 10. The largest absolute Gasteiger partial charge is 0.494 e. The van der Waals surface area contributed by atoms with Gasteiger partial charge in [0.15, 0.2) is 0 Å². The van der Waals surface area contributed by atoms with Crippen LogP contribution in [0, 0.1) is 13.8 Å². The highest BCUT2D eigenvalue weighted by Crippen LogP contribution is 2.38. The number of hydrogen-bond acceptors (Lipinski definition) is 3. The monoisotopic (exact) mass is 651 g/mol. The highest BCUT2D eigenvalue weighted by molar-refractivity contribution is 5.91. The highest BCUT2D eigenvalue weighted by Gasteiger charge is 2.14. The third-order valence-corrected chi connectivity index (χ3v) is 9.17. The minimum atomic E-state index is 0.00379. The molecule has 0 aliphatic heterocycles. The maximum atomic E-state index is 9.65. The van der Waals surface area contributed by atoms with Crippen LogP contribution in [0.15, 0.2) is 163 Å². The van der Waals surface area contributed by atoms with Crippen molar-refractivity contribution < 1.29 is 9.84 Å². The Bertz CT molecular complexity index is 2190. The van der Waals surface area contributed by atoms with E-state index in [1.807, 2.05) is 31.2 Å². The summed E-state index contributed by atoms with van der Waals surface area (Å²) in [5, 5.41) is 12.0. The van der Waals surface area contributed by atoms with Crippen LogP contribution in [0.5, 0.6) is 0 Å². The SMILES string of the molecule is CC(=Cc1ccc2cc(N(c3ccc(-c4cccc(C)c4)cc3)c3ccc(-c4cccc(C)c4)cc3)ccc2c1)OCc1ccccc1CO. The molecule has 0 bridgehead atoms. The van der Waals surface area contributed by atoms with Gasteiger partial charge in [-0.1, -0.05) is 126 Å². The smallest absolute Gasteiger partial charge is 0.113 e. The van der Waals surface area contributed by atoms with Crippen molar-refractivity contribution in [3.8, 4) is 22.3 Å². The van der Waals surface area contributed by atoms with Crippen molar-refractivity contribution in [2.45, 2.75) is 34.0 Å². The fraction of sp³-hybridized carbons (Fsp3) is 0.106. The molecule has 50 heavy (non-hydrogen) atoms. The Morgan fingerprint density at radius 1 is 0.540 bits per heavy atom. The molecule has 0 atom stereocenters. The molecule has 7 rings (SSSR count). The molecule has 1 N–H and O–H groups in total. The van der Waals surface area contributed by atoms with E-state index in [4.69, 9.17) is 4.74 Å². The van der Waals surface area contributed by atoms with Crippen LogP contribution in [0.3, 0.4) is 0 Å². The van der Waals surface area contributed by atoms with E-state index < -0.39 is 0 Å². The fourth-order valence-corrected chi connectivity index (χ4v) is 6.50. The number of aliphatic hydroxyl groups excluding tert-OH is 1. The van der Waals surface area contributed by atoms with Gasteiger partial charge in [0.1, 0.15) is 6.61 Å². The minimum Gasteiger partial charge on any atom is -0.494 e. The fourth-order valence-electron chi connectivity index (χ4n) is 6.50. The van der Waals surface area contributed by atoms with Crippen molar-refractivity contribution in [1.82, 2.24) is 0 Å². The number of ether oxygens (including phenoxy) is 1. The van der Waals surface area contributed by atoms with Crippen molar-refractivity contribution in [1.29, 1.82) is 0 Å². The molecule has 3 heteroatoms. The molecule has 246 valence electrons. The van der Waals surface area contributed by atoms with Gasteiger partial charge in [0.05, 0.1) is 12.4 Å². The predicted octanol–water partition coefficient (Wildman–Crippen LogP) is 12.3. The Morgan fingerprint density at radius 3 is 1.66 bits per heavy atom. The van der Waals surface area contributed by atoms with Crippen molar-refractivity contribution in [2.75, 3.05) is 4.90 Å². The Kier molecular flexibility index (Phi) is 9.59. The summed E-state index contributed by atoms with van der Waals surface area (Å²) in [6, 6.07) is 56.0. The van der Waals surface area contributed by atoms with Gasteiger partial charge in [0.25, 0.3) is 0 Å². The van der Waals surface area contributed by atoms with Gasteiger partial charge in [0, 0.05) is 17.1 Å². The van der Waals surface area contributed by atoms with Gasteiger partial charge in [0.2, 0.25) is 0 Å². The molecule has 0 heterocycles. The molecule has 7 aromatic carbocycles. The van der Waals surface area contributed by atoms with Crippen LogP contribution in [0.2, 0.25) is 0 Å². The number of anilines is 3.